The molecule has 0 aromatic heterocycles. The molecule has 0 heterocycles. The molecule has 1 aromatic rings. The molecule has 0 aliphatic carbocycles. The normalized spacial score (nSPS) is 13.0. The Morgan fingerprint density at radius 1 is 1.16 bits per heavy atom. The Hall–Kier alpha value is -1.72. The first-order valence-corrected chi connectivity index (χ1v) is 5.74. The third-order valence-electron chi connectivity index (χ3n) is 2.14. The number of hydrogen-bond acceptors (Lipinski definition) is 3. The maximum atomic E-state index is 13.4. The minimum atomic E-state index is -1.28. The average molecular weight is 275 g/mol. The SMILES string of the molecule is CC(Nc1cc(F)c(F)cc1F)C(=O)OC(C)(C)C. The summed E-state index contributed by atoms with van der Waals surface area (Å²) in [5, 5.41) is 2.44. The molecule has 19 heavy (non-hydrogen) atoms. The minimum absolute atomic E-state index is 0.294. The third-order valence-corrected chi connectivity index (χ3v) is 2.14. The molecule has 1 unspecified atom stereocenters. The molecule has 0 spiro atoms. The maximum Gasteiger partial charge on any atom is 0.328 e. The van der Waals surface area contributed by atoms with Crippen LogP contribution in [0.15, 0.2) is 12.1 Å². The number of carbonyl (C=O) groups is 1. The Balaban J connectivity index is 2.80. The smallest absolute Gasteiger partial charge is 0.328 e. The van der Waals surface area contributed by atoms with Gasteiger partial charge in [0.2, 0.25) is 0 Å². The largest absolute Gasteiger partial charge is 0.458 e. The highest BCUT2D eigenvalue weighted by atomic mass is 19.2. The van der Waals surface area contributed by atoms with Crippen LogP contribution in [-0.4, -0.2) is 17.6 Å². The number of ether oxygens (including phenoxy) is 1. The van der Waals surface area contributed by atoms with Crippen LogP contribution in [0.3, 0.4) is 0 Å². The van der Waals surface area contributed by atoms with E-state index in [0.29, 0.717) is 12.1 Å². The van der Waals surface area contributed by atoms with E-state index in [1.165, 1.54) is 6.92 Å². The van der Waals surface area contributed by atoms with E-state index in [1.54, 1.807) is 20.8 Å². The zero-order chi connectivity index (χ0) is 14.8. The van der Waals surface area contributed by atoms with Gasteiger partial charge in [0.25, 0.3) is 0 Å². The van der Waals surface area contributed by atoms with E-state index in [1.807, 2.05) is 0 Å². The molecule has 0 saturated heterocycles. The third kappa shape index (κ3) is 4.46. The van der Waals surface area contributed by atoms with Crippen LogP contribution in [0.2, 0.25) is 0 Å². The van der Waals surface area contributed by atoms with Crippen molar-refractivity contribution in [1.82, 2.24) is 0 Å². The van der Waals surface area contributed by atoms with Crippen LogP contribution in [-0.2, 0) is 9.53 Å². The van der Waals surface area contributed by atoms with Crippen molar-refractivity contribution in [3.05, 3.63) is 29.6 Å². The van der Waals surface area contributed by atoms with Crippen molar-refractivity contribution in [3.8, 4) is 0 Å². The summed E-state index contributed by atoms with van der Waals surface area (Å²) >= 11 is 0. The predicted octanol–water partition coefficient (Wildman–Crippen LogP) is 3.25. The van der Waals surface area contributed by atoms with Crippen molar-refractivity contribution in [3.63, 3.8) is 0 Å². The Bertz CT molecular complexity index is 484. The van der Waals surface area contributed by atoms with Gasteiger partial charge in [0.1, 0.15) is 17.5 Å². The van der Waals surface area contributed by atoms with Gasteiger partial charge in [0, 0.05) is 12.1 Å². The molecule has 0 saturated carbocycles. The highest BCUT2D eigenvalue weighted by molar-refractivity contribution is 5.79. The summed E-state index contributed by atoms with van der Waals surface area (Å²) in [6, 6.07) is 0.184. The van der Waals surface area contributed by atoms with E-state index in [9.17, 15) is 18.0 Å². The van der Waals surface area contributed by atoms with Crippen LogP contribution < -0.4 is 5.32 Å². The first-order chi connectivity index (χ1) is 8.60. The lowest BCUT2D eigenvalue weighted by atomic mass is 10.2. The Morgan fingerprint density at radius 3 is 2.21 bits per heavy atom. The number of benzene rings is 1. The number of rotatable bonds is 3. The summed E-state index contributed by atoms with van der Waals surface area (Å²) in [6.45, 7) is 6.51. The van der Waals surface area contributed by atoms with E-state index < -0.39 is 35.1 Å². The van der Waals surface area contributed by atoms with Crippen molar-refractivity contribution < 1.29 is 22.7 Å². The number of esters is 1. The van der Waals surface area contributed by atoms with Gasteiger partial charge in [-0.2, -0.15) is 0 Å². The van der Waals surface area contributed by atoms with E-state index in [-0.39, 0.29) is 5.69 Å². The molecule has 106 valence electrons. The molecule has 1 atom stereocenters. The van der Waals surface area contributed by atoms with Gasteiger partial charge in [0.15, 0.2) is 11.6 Å². The topological polar surface area (TPSA) is 38.3 Å². The number of halogens is 3. The zero-order valence-electron chi connectivity index (χ0n) is 11.2. The fraction of sp³-hybridized carbons (Fsp3) is 0.462. The molecule has 0 aliphatic rings. The lowest BCUT2D eigenvalue weighted by molar-refractivity contribution is -0.155. The highest BCUT2D eigenvalue weighted by Crippen LogP contribution is 2.20. The van der Waals surface area contributed by atoms with Gasteiger partial charge in [-0.25, -0.2) is 18.0 Å². The van der Waals surface area contributed by atoms with Gasteiger partial charge in [-0.15, -0.1) is 0 Å². The van der Waals surface area contributed by atoms with Crippen molar-refractivity contribution in [2.24, 2.45) is 0 Å². The monoisotopic (exact) mass is 275 g/mol. The zero-order valence-corrected chi connectivity index (χ0v) is 11.2. The van der Waals surface area contributed by atoms with E-state index in [0.717, 1.165) is 0 Å². The molecule has 0 bridgehead atoms. The van der Waals surface area contributed by atoms with E-state index in [4.69, 9.17) is 4.74 Å². The Labute approximate surface area is 109 Å². The molecule has 0 amide bonds. The van der Waals surface area contributed by atoms with Crippen molar-refractivity contribution >= 4 is 11.7 Å². The number of nitrogens with one attached hydrogen (secondary N) is 1. The van der Waals surface area contributed by atoms with Crippen LogP contribution >= 0.6 is 0 Å². The summed E-state index contributed by atoms with van der Waals surface area (Å²) in [5.74, 6) is -4.07. The average Bonchev–Trinajstić information content (AvgIpc) is 2.23. The van der Waals surface area contributed by atoms with Crippen LogP contribution in [0.25, 0.3) is 0 Å². The van der Waals surface area contributed by atoms with Gasteiger partial charge >= 0.3 is 5.97 Å². The number of hydrogen-bond donors (Lipinski definition) is 1. The molecule has 0 aliphatic heterocycles. The second-order valence-electron chi connectivity index (χ2n) is 5.15. The van der Waals surface area contributed by atoms with E-state index in [2.05, 4.69) is 5.32 Å². The minimum Gasteiger partial charge on any atom is -0.458 e. The molecular formula is C13H16F3NO2. The summed E-state index contributed by atoms with van der Waals surface area (Å²) in [7, 11) is 0. The van der Waals surface area contributed by atoms with Crippen LogP contribution in [0, 0.1) is 17.5 Å². The molecule has 1 rings (SSSR count). The second kappa shape index (κ2) is 5.50. The lowest BCUT2D eigenvalue weighted by Crippen LogP contribution is -2.34. The summed E-state index contributed by atoms with van der Waals surface area (Å²) < 4.78 is 44.2. The number of anilines is 1. The molecule has 6 heteroatoms. The van der Waals surface area contributed by atoms with Crippen molar-refractivity contribution in [2.75, 3.05) is 5.32 Å². The first-order valence-electron chi connectivity index (χ1n) is 5.74. The lowest BCUT2D eigenvalue weighted by Gasteiger charge is -2.23. The van der Waals surface area contributed by atoms with E-state index >= 15 is 0 Å². The summed E-state index contributed by atoms with van der Waals surface area (Å²) in [5.41, 5.74) is -0.975. The van der Waals surface area contributed by atoms with Gasteiger partial charge < -0.3 is 10.1 Å². The predicted molar refractivity (Wildman–Crippen MR) is 65.2 cm³/mol. The molecule has 1 aromatic carbocycles. The quantitative estimate of drug-likeness (QED) is 0.679. The fourth-order valence-electron chi connectivity index (χ4n) is 1.32. The second-order valence-corrected chi connectivity index (χ2v) is 5.15. The van der Waals surface area contributed by atoms with Crippen LogP contribution in [0.5, 0.6) is 0 Å². The maximum absolute atomic E-state index is 13.4. The standard InChI is InChI=1S/C13H16F3NO2/c1-7(12(18)19-13(2,3)4)17-11-6-9(15)8(14)5-10(11)16/h5-7,17H,1-4H3. The van der Waals surface area contributed by atoms with Crippen LogP contribution in [0.1, 0.15) is 27.7 Å². The van der Waals surface area contributed by atoms with Gasteiger partial charge in [-0.1, -0.05) is 0 Å². The highest BCUT2D eigenvalue weighted by Gasteiger charge is 2.22. The van der Waals surface area contributed by atoms with Gasteiger partial charge in [0.05, 0.1) is 5.69 Å². The molecule has 3 nitrogen and oxygen atoms in total. The summed E-state index contributed by atoms with van der Waals surface area (Å²) in [4.78, 5) is 11.7. The molecule has 1 N–H and O–H groups in total. The first kappa shape index (κ1) is 15.3. The van der Waals surface area contributed by atoms with Gasteiger partial charge in [-0.3, -0.25) is 0 Å². The molecular weight excluding hydrogens is 259 g/mol. The molecule has 0 radical (unpaired) electrons. The number of carbonyl (C=O) groups excluding carboxylic acids is 1. The van der Waals surface area contributed by atoms with Crippen molar-refractivity contribution in [2.45, 2.75) is 39.3 Å². The molecule has 0 fully saturated rings. The van der Waals surface area contributed by atoms with Crippen molar-refractivity contribution in [1.29, 1.82) is 0 Å². The van der Waals surface area contributed by atoms with Gasteiger partial charge in [-0.05, 0) is 27.7 Å². The Kier molecular flexibility index (Phi) is 4.44. The summed E-state index contributed by atoms with van der Waals surface area (Å²) in [6.07, 6.45) is 0. The van der Waals surface area contributed by atoms with Crippen LogP contribution in [0.4, 0.5) is 18.9 Å². The fourth-order valence-corrected chi connectivity index (χ4v) is 1.32. The Morgan fingerprint density at radius 2 is 1.68 bits per heavy atom.